The van der Waals surface area contributed by atoms with E-state index in [1.807, 2.05) is 41.3 Å². The van der Waals surface area contributed by atoms with E-state index in [4.69, 9.17) is 14.5 Å². The largest absolute Gasteiger partial charge is 0.493 e. The fraction of sp³-hybridized carbons (Fsp3) is 0.440. The topological polar surface area (TPSA) is 91.5 Å². The van der Waals surface area contributed by atoms with Crippen molar-refractivity contribution in [1.82, 2.24) is 25.7 Å². The summed E-state index contributed by atoms with van der Waals surface area (Å²) in [6.45, 7) is 0.755. The first-order valence-corrected chi connectivity index (χ1v) is 11.7. The number of likely N-dealkylation sites (tertiary alicyclic amines) is 1. The Morgan fingerprint density at radius 2 is 1.91 bits per heavy atom. The van der Waals surface area contributed by atoms with Gasteiger partial charge in [0.15, 0.2) is 11.5 Å². The highest BCUT2D eigenvalue weighted by molar-refractivity contribution is 5.84. The molecule has 3 aromatic rings. The molecule has 3 N–H and O–H groups in total. The predicted molar refractivity (Wildman–Crippen MR) is 124 cm³/mol. The van der Waals surface area contributed by atoms with Crippen LogP contribution in [0, 0.1) is 5.92 Å². The number of nitrogens with zero attached hydrogens (tertiary/aromatic N) is 2. The number of fused-ring (bicyclic) bond motifs is 4. The zero-order valence-corrected chi connectivity index (χ0v) is 18.9. The number of aromatic nitrogens is 2. The molecular weight excluding hydrogens is 418 g/mol. The van der Waals surface area contributed by atoms with E-state index in [1.165, 1.54) is 11.1 Å². The molecule has 6 rings (SSSR count). The number of nitrogens with one attached hydrogen (secondary N) is 3. The number of carbonyl (C=O) groups is 1. The number of hydrogen-bond acceptors (Lipinski definition) is 6. The number of aromatic amines is 1. The van der Waals surface area contributed by atoms with Crippen molar-refractivity contribution >= 4 is 16.9 Å². The minimum Gasteiger partial charge on any atom is -0.493 e. The van der Waals surface area contributed by atoms with Crippen LogP contribution in [-0.2, 0) is 11.2 Å². The predicted octanol–water partition coefficient (Wildman–Crippen LogP) is 3.02. The highest BCUT2D eigenvalue weighted by Crippen LogP contribution is 2.45. The lowest BCUT2D eigenvalue weighted by Crippen LogP contribution is -2.50. The summed E-state index contributed by atoms with van der Waals surface area (Å²) in [5.74, 6) is 2.62. The molecule has 2 fully saturated rings. The number of carbonyl (C=O) groups excluding carboxylic acids is 1. The van der Waals surface area contributed by atoms with Crippen molar-refractivity contribution in [2.24, 2.45) is 5.92 Å². The van der Waals surface area contributed by atoms with Crippen LogP contribution >= 0.6 is 0 Å². The van der Waals surface area contributed by atoms with E-state index in [-0.39, 0.29) is 30.0 Å². The molecule has 2 saturated heterocycles. The maximum absolute atomic E-state index is 13.9. The SMILES string of the molecule is COc1cc2c(cc1OC)C1NNC(C(=O)N3CCCCC3c3nc4ccccc4[nH]3)C1C2. The van der Waals surface area contributed by atoms with Crippen molar-refractivity contribution in [1.29, 1.82) is 0 Å². The molecule has 1 amide bonds. The first-order valence-electron chi connectivity index (χ1n) is 11.7. The number of hydrogen-bond donors (Lipinski definition) is 3. The van der Waals surface area contributed by atoms with Crippen LogP contribution in [0.1, 0.15) is 48.3 Å². The Labute approximate surface area is 192 Å². The molecule has 2 aliphatic heterocycles. The van der Waals surface area contributed by atoms with Crippen LogP contribution in [-0.4, -0.2) is 47.6 Å². The van der Waals surface area contributed by atoms with Gasteiger partial charge in [-0.25, -0.2) is 15.8 Å². The maximum atomic E-state index is 13.9. The Balaban J connectivity index is 1.27. The quantitative estimate of drug-likeness (QED) is 0.570. The third-order valence-electron chi connectivity index (χ3n) is 7.46. The minimum atomic E-state index is -0.288. The summed E-state index contributed by atoms with van der Waals surface area (Å²) in [7, 11) is 3.30. The number of para-hydroxylation sites is 2. The molecule has 1 aliphatic carbocycles. The van der Waals surface area contributed by atoms with Crippen molar-refractivity contribution in [2.75, 3.05) is 20.8 Å². The van der Waals surface area contributed by atoms with Gasteiger partial charge >= 0.3 is 0 Å². The second-order valence-corrected chi connectivity index (χ2v) is 9.20. The Morgan fingerprint density at radius 1 is 1.09 bits per heavy atom. The molecule has 0 saturated carbocycles. The van der Waals surface area contributed by atoms with Gasteiger partial charge < -0.3 is 19.4 Å². The molecule has 33 heavy (non-hydrogen) atoms. The molecule has 172 valence electrons. The van der Waals surface area contributed by atoms with Gasteiger partial charge in [-0.2, -0.15) is 0 Å². The molecule has 3 heterocycles. The lowest BCUT2D eigenvalue weighted by atomic mass is 9.92. The van der Waals surface area contributed by atoms with Crippen LogP contribution < -0.4 is 20.3 Å². The van der Waals surface area contributed by atoms with E-state index in [0.717, 1.165) is 60.6 Å². The van der Waals surface area contributed by atoms with Crippen molar-refractivity contribution in [3.05, 3.63) is 53.3 Å². The molecule has 0 radical (unpaired) electrons. The zero-order chi connectivity index (χ0) is 22.5. The van der Waals surface area contributed by atoms with E-state index in [1.54, 1.807) is 14.2 Å². The van der Waals surface area contributed by atoms with Gasteiger partial charge in [-0.3, -0.25) is 4.79 Å². The maximum Gasteiger partial charge on any atom is 0.242 e. The summed E-state index contributed by atoms with van der Waals surface area (Å²) in [5.41, 5.74) is 11.1. The number of benzene rings is 2. The number of H-pyrrole nitrogens is 1. The molecular formula is C25H29N5O3. The highest BCUT2D eigenvalue weighted by Gasteiger charge is 2.48. The Bertz CT molecular complexity index is 1170. The van der Waals surface area contributed by atoms with Gasteiger partial charge in [0.25, 0.3) is 0 Å². The number of rotatable bonds is 4. The molecule has 2 aromatic carbocycles. The molecule has 0 bridgehead atoms. The fourth-order valence-electron chi connectivity index (χ4n) is 5.82. The van der Waals surface area contributed by atoms with E-state index in [9.17, 15) is 4.79 Å². The van der Waals surface area contributed by atoms with Gasteiger partial charge in [-0.05, 0) is 61.1 Å². The Hall–Kier alpha value is -3.10. The lowest BCUT2D eigenvalue weighted by molar-refractivity contribution is -0.138. The van der Waals surface area contributed by atoms with Crippen LogP contribution in [0.25, 0.3) is 11.0 Å². The summed E-state index contributed by atoms with van der Waals surface area (Å²) < 4.78 is 11.0. The second-order valence-electron chi connectivity index (χ2n) is 9.20. The third-order valence-corrected chi connectivity index (χ3v) is 7.46. The average Bonchev–Trinajstić information content (AvgIpc) is 3.55. The standard InChI is InChI=1S/C25H29N5O3/c1-32-20-12-14-11-16-22(15(14)13-21(20)33-2)28-29-23(16)25(31)30-10-6-5-9-19(30)24-26-17-7-3-4-8-18(17)27-24/h3-4,7-8,12-13,16,19,22-23,28-29H,5-6,9-11H2,1-2H3,(H,26,27). The van der Waals surface area contributed by atoms with Crippen molar-refractivity contribution < 1.29 is 14.3 Å². The van der Waals surface area contributed by atoms with Gasteiger partial charge in [0, 0.05) is 12.5 Å². The second kappa shape index (κ2) is 8.04. The lowest BCUT2D eigenvalue weighted by Gasteiger charge is -2.37. The first kappa shape index (κ1) is 20.5. The smallest absolute Gasteiger partial charge is 0.242 e. The summed E-state index contributed by atoms with van der Waals surface area (Å²) in [4.78, 5) is 24.2. The monoisotopic (exact) mass is 447 g/mol. The molecule has 8 nitrogen and oxygen atoms in total. The summed E-state index contributed by atoms with van der Waals surface area (Å²) in [6.07, 6.45) is 3.86. The van der Waals surface area contributed by atoms with Crippen LogP contribution in [0.2, 0.25) is 0 Å². The number of hydrazine groups is 1. The zero-order valence-electron chi connectivity index (χ0n) is 18.9. The number of piperidine rings is 1. The van der Waals surface area contributed by atoms with E-state index >= 15 is 0 Å². The van der Waals surface area contributed by atoms with Crippen molar-refractivity contribution in [3.8, 4) is 11.5 Å². The highest BCUT2D eigenvalue weighted by atomic mass is 16.5. The molecule has 8 heteroatoms. The molecule has 3 aliphatic rings. The third kappa shape index (κ3) is 3.28. The minimum absolute atomic E-state index is 0.0246. The van der Waals surface area contributed by atoms with Gasteiger partial charge in [0.1, 0.15) is 11.9 Å². The van der Waals surface area contributed by atoms with E-state index in [2.05, 4.69) is 15.8 Å². The summed E-state index contributed by atoms with van der Waals surface area (Å²) >= 11 is 0. The van der Waals surface area contributed by atoms with Gasteiger partial charge in [0.05, 0.1) is 37.3 Å². The number of imidazole rings is 1. The van der Waals surface area contributed by atoms with Crippen molar-refractivity contribution in [3.63, 3.8) is 0 Å². The van der Waals surface area contributed by atoms with E-state index < -0.39 is 0 Å². The van der Waals surface area contributed by atoms with Gasteiger partial charge in [-0.15, -0.1) is 0 Å². The summed E-state index contributed by atoms with van der Waals surface area (Å²) in [6, 6.07) is 11.9. The number of amides is 1. The van der Waals surface area contributed by atoms with Gasteiger partial charge in [0.2, 0.25) is 5.91 Å². The Kier molecular flexibility index (Phi) is 4.99. The van der Waals surface area contributed by atoms with E-state index in [0.29, 0.717) is 0 Å². The van der Waals surface area contributed by atoms with Crippen LogP contribution in [0.4, 0.5) is 0 Å². The fourth-order valence-corrected chi connectivity index (χ4v) is 5.82. The number of methoxy groups -OCH3 is 2. The number of ether oxygens (including phenoxy) is 2. The van der Waals surface area contributed by atoms with Gasteiger partial charge in [-0.1, -0.05) is 12.1 Å². The van der Waals surface area contributed by atoms with Crippen LogP contribution in [0.5, 0.6) is 11.5 Å². The normalized spacial score (nSPS) is 26.3. The molecule has 4 atom stereocenters. The van der Waals surface area contributed by atoms with Crippen LogP contribution in [0.3, 0.4) is 0 Å². The molecule has 1 aromatic heterocycles. The van der Waals surface area contributed by atoms with Crippen LogP contribution in [0.15, 0.2) is 36.4 Å². The Morgan fingerprint density at radius 3 is 2.73 bits per heavy atom. The molecule has 0 spiro atoms. The molecule has 4 unspecified atom stereocenters. The van der Waals surface area contributed by atoms with Crippen molar-refractivity contribution in [2.45, 2.75) is 43.8 Å². The first-order chi connectivity index (χ1) is 16.2. The average molecular weight is 448 g/mol. The summed E-state index contributed by atoms with van der Waals surface area (Å²) in [5, 5.41) is 0.